The van der Waals surface area contributed by atoms with Crippen molar-refractivity contribution in [2.24, 2.45) is 0 Å². The van der Waals surface area contributed by atoms with Crippen molar-refractivity contribution in [3.05, 3.63) is 65.7 Å². The van der Waals surface area contributed by atoms with Gasteiger partial charge in [0.05, 0.1) is 5.25 Å². The molecule has 1 heterocycles. The summed E-state index contributed by atoms with van der Waals surface area (Å²) in [4.78, 5) is 0. The molecule has 1 aliphatic rings. The Kier molecular flexibility index (Phi) is 3.48. The molecule has 2 atom stereocenters. The predicted octanol–water partition coefficient (Wildman–Crippen LogP) is 5.14. The third-order valence-electron chi connectivity index (χ3n) is 3.24. The van der Waals surface area contributed by atoms with Crippen molar-refractivity contribution in [1.29, 1.82) is 0 Å². The molecule has 18 heavy (non-hydrogen) atoms. The smallest absolute Gasteiger partial charge is 0.125 e. The van der Waals surface area contributed by atoms with Crippen molar-refractivity contribution in [1.82, 2.24) is 0 Å². The summed E-state index contributed by atoms with van der Waals surface area (Å²) in [5, 5.41) is 0.293. The minimum absolute atomic E-state index is 0.0948. The molecule has 0 saturated heterocycles. The number of hydrogen-bond acceptors (Lipinski definition) is 2. The third kappa shape index (κ3) is 2.23. The molecule has 0 N–H and O–H groups in total. The van der Waals surface area contributed by atoms with Gasteiger partial charge in [-0.1, -0.05) is 48.5 Å². The first-order chi connectivity index (χ1) is 8.88. The molecule has 2 unspecified atom stereocenters. The molecule has 3 heteroatoms. The van der Waals surface area contributed by atoms with Gasteiger partial charge in [0.15, 0.2) is 0 Å². The first kappa shape index (κ1) is 11.9. The fourth-order valence-corrected chi connectivity index (χ4v) is 3.38. The van der Waals surface area contributed by atoms with E-state index in [2.05, 4.69) is 18.2 Å². The number of para-hydroxylation sites is 1. The predicted molar refractivity (Wildman–Crippen MR) is 77.1 cm³/mol. The lowest BCUT2D eigenvalue weighted by Crippen LogP contribution is -2.17. The van der Waals surface area contributed by atoms with Crippen LogP contribution in [0.25, 0.3) is 0 Å². The fraction of sp³-hybridized carbons (Fsp3) is 0.200. The van der Waals surface area contributed by atoms with E-state index < -0.39 is 0 Å². The zero-order chi connectivity index (χ0) is 12.4. The van der Waals surface area contributed by atoms with Crippen molar-refractivity contribution in [3.8, 4) is 5.75 Å². The molecule has 0 amide bonds. The SMILES string of the molecule is ClSC1CC(c2ccccc2)Oc2ccccc21. The highest BCUT2D eigenvalue weighted by Gasteiger charge is 2.29. The maximum absolute atomic E-state index is 6.08. The van der Waals surface area contributed by atoms with E-state index in [9.17, 15) is 0 Å². The van der Waals surface area contributed by atoms with Crippen molar-refractivity contribution in [2.45, 2.75) is 17.8 Å². The second-order valence-corrected chi connectivity index (χ2v) is 5.65. The Morgan fingerprint density at radius 2 is 1.72 bits per heavy atom. The molecular formula is C15H13ClOS. The lowest BCUT2D eigenvalue weighted by atomic mass is 9.97. The number of fused-ring (bicyclic) bond motifs is 1. The van der Waals surface area contributed by atoms with Crippen LogP contribution >= 0.6 is 21.7 Å². The van der Waals surface area contributed by atoms with Crippen LogP contribution in [0.3, 0.4) is 0 Å². The average Bonchev–Trinajstić information content (AvgIpc) is 2.47. The largest absolute Gasteiger partial charge is 0.485 e. The highest BCUT2D eigenvalue weighted by atomic mass is 35.7. The van der Waals surface area contributed by atoms with Crippen LogP contribution in [0.15, 0.2) is 54.6 Å². The van der Waals surface area contributed by atoms with Crippen LogP contribution in [0.2, 0.25) is 0 Å². The summed E-state index contributed by atoms with van der Waals surface area (Å²) in [6, 6.07) is 18.5. The summed E-state index contributed by atoms with van der Waals surface area (Å²) in [6.07, 6.45) is 1.01. The van der Waals surface area contributed by atoms with Crippen LogP contribution in [0.5, 0.6) is 5.75 Å². The van der Waals surface area contributed by atoms with Crippen LogP contribution in [-0.2, 0) is 0 Å². The molecule has 0 bridgehead atoms. The van der Waals surface area contributed by atoms with E-state index in [0.717, 1.165) is 12.2 Å². The topological polar surface area (TPSA) is 9.23 Å². The summed E-state index contributed by atoms with van der Waals surface area (Å²) in [7, 11) is 7.40. The Bertz CT molecular complexity index is 529. The van der Waals surface area contributed by atoms with E-state index in [4.69, 9.17) is 15.4 Å². The fourth-order valence-electron chi connectivity index (χ4n) is 2.33. The molecule has 0 fully saturated rings. The first-order valence-electron chi connectivity index (χ1n) is 5.96. The number of ether oxygens (including phenoxy) is 1. The summed E-state index contributed by atoms with van der Waals surface area (Å²) in [5.41, 5.74) is 2.41. The monoisotopic (exact) mass is 276 g/mol. The lowest BCUT2D eigenvalue weighted by molar-refractivity contribution is 0.175. The Morgan fingerprint density at radius 3 is 2.50 bits per heavy atom. The van der Waals surface area contributed by atoms with Crippen molar-refractivity contribution in [3.63, 3.8) is 0 Å². The van der Waals surface area contributed by atoms with E-state index >= 15 is 0 Å². The summed E-state index contributed by atoms with van der Waals surface area (Å²) >= 11 is 0. The van der Waals surface area contributed by atoms with Gasteiger partial charge in [0.25, 0.3) is 0 Å². The van der Waals surface area contributed by atoms with E-state index in [1.54, 1.807) is 0 Å². The van der Waals surface area contributed by atoms with Gasteiger partial charge in [-0.25, -0.2) is 0 Å². The minimum atomic E-state index is 0.0948. The van der Waals surface area contributed by atoms with E-state index in [0.29, 0.717) is 5.25 Å². The Morgan fingerprint density at radius 1 is 1.00 bits per heavy atom. The molecule has 0 aliphatic carbocycles. The minimum Gasteiger partial charge on any atom is -0.485 e. The molecule has 0 saturated carbocycles. The van der Waals surface area contributed by atoms with Crippen molar-refractivity contribution < 1.29 is 4.74 Å². The molecule has 3 rings (SSSR count). The van der Waals surface area contributed by atoms with Crippen LogP contribution in [0, 0.1) is 0 Å². The first-order valence-corrected chi connectivity index (χ1v) is 7.67. The maximum atomic E-state index is 6.08. The van der Waals surface area contributed by atoms with Gasteiger partial charge in [-0.3, -0.25) is 0 Å². The molecule has 1 aliphatic heterocycles. The van der Waals surface area contributed by atoms with E-state index in [1.807, 2.05) is 36.4 Å². The van der Waals surface area contributed by atoms with Gasteiger partial charge in [-0.15, -0.1) is 0 Å². The Hall–Kier alpha value is -1.12. The number of benzene rings is 2. The van der Waals surface area contributed by atoms with E-state index in [-0.39, 0.29) is 6.10 Å². The molecule has 0 spiro atoms. The molecule has 1 nitrogen and oxygen atoms in total. The van der Waals surface area contributed by atoms with Gasteiger partial charge in [-0.2, -0.15) is 0 Å². The third-order valence-corrected chi connectivity index (χ3v) is 4.55. The van der Waals surface area contributed by atoms with E-state index in [1.165, 1.54) is 22.1 Å². The van der Waals surface area contributed by atoms with Gasteiger partial charge < -0.3 is 4.74 Å². The van der Waals surface area contributed by atoms with Gasteiger partial charge in [0.2, 0.25) is 0 Å². The highest BCUT2D eigenvalue weighted by Crippen LogP contribution is 2.48. The molecule has 2 aromatic rings. The molecule has 2 aromatic carbocycles. The zero-order valence-corrected chi connectivity index (χ0v) is 11.3. The average molecular weight is 277 g/mol. The van der Waals surface area contributed by atoms with Crippen LogP contribution in [-0.4, -0.2) is 0 Å². The van der Waals surface area contributed by atoms with Gasteiger partial charge >= 0.3 is 0 Å². The molecular weight excluding hydrogens is 264 g/mol. The quantitative estimate of drug-likeness (QED) is 0.751. The Balaban J connectivity index is 1.95. The van der Waals surface area contributed by atoms with Crippen LogP contribution in [0.4, 0.5) is 0 Å². The van der Waals surface area contributed by atoms with Gasteiger partial charge in [0.1, 0.15) is 11.9 Å². The second kappa shape index (κ2) is 5.25. The van der Waals surface area contributed by atoms with Crippen molar-refractivity contribution >= 4 is 21.7 Å². The van der Waals surface area contributed by atoms with Crippen LogP contribution in [0.1, 0.15) is 28.9 Å². The molecule has 92 valence electrons. The van der Waals surface area contributed by atoms with Gasteiger partial charge in [0, 0.05) is 12.0 Å². The summed E-state index contributed by atoms with van der Waals surface area (Å²) in [6.45, 7) is 0. The molecule has 0 radical (unpaired) electrons. The number of hydrogen-bond donors (Lipinski definition) is 0. The molecule has 0 aromatic heterocycles. The van der Waals surface area contributed by atoms with Crippen molar-refractivity contribution in [2.75, 3.05) is 0 Å². The van der Waals surface area contributed by atoms with Gasteiger partial charge in [-0.05, 0) is 33.3 Å². The second-order valence-electron chi connectivity index (χ2n) is 4.37. The number of rotatable bonds is 2. The Labute approximate surface area is 116 Å². The maximum Gasteiger partial charge on any atom is 0.125 e. The number of halogens is 1. The standard InChI is InChI=1S/C15H13ClOS/c16-18-15-10-14(11-6-2-1-3-7-11)17-13-9-5-4-8-12(13)15/h1-9,14-15H,10H2. The summed E-state index contributed by atoms with van der Waals surface area (Å²) < 4.78 is 6.08. The lowest BCUT2D eigenvalue weighted by Gasteiger charge is -2.30. The summed E-state index contributed by atoms with van der Waals surface area (Å²) in [5.74, 6) is 0.954. The zero-order valence-electron chi connectivity index (χ0n) is 9.75. The highest BCUT2D eigenvalue weighted by molar-refractivity contribution is 8.21. The van der Waals surface area contributed by atoms with Crippen LogP contribution < -0.4 is 4.74 Å². The normalized spacial score (nSPS) is 22.1.